The number of hydrogen-bond donors (Lipinski definition) is 0. The van der Waals surface area contributed by atoms with Gasteiger partial charge in [-0.2, -0.15) is 0 Å². The Morgan fingerprint density at radius 3 is 2.40 bits per heavy atom. The molecule has 1 aromatic rings. The maximum atomic E-state index is 10.2. The molecular weight excluding hydrogens is 197 g/mol. The van der Waals surface area contributed by atoms with E-state index in [1.807, 2.05) is 0 Å². The number of nitrogens with zero attached hydrogens (tertiary/aromatic N) is 1. The van der Waals surface area contributed by atoms with Gasteiger partial charge >= 0.3 is 65.5 Å². The molecule has 0 spiro atoms. The van der Waals surface area contributed by atoms with E-state index in [9.17, 15) is 10.1 Å². The van der Waals surface area contributed by atoms with E-state index >= 15 is 0 Å². The molecule has 1 rings (SSSR count). The first-order chi connectivity index (χ1) is 4.72. The van der Waals surface area contributed by atoms with Crippen molar-refractivity contribution in [2.24, 2.45) is 0 Å². The summed E-state index contributed by atoms with van der Waals surface area (Å²) >= 11 is 2.61. The number of para-hydroxylation sites is 1. The summed E-state index contributed by atoms with van der Waals surface area (Å²) < 4.78 is 0.576. The monoisotopic (exact) mass is 202 g/mol. The fraction of sp³-hybridized carbons (Fsp3) is 0. The van der Waals surface area contributed by atoms with E-state index in [0.717, 1.165) is 0 Å². The van der Waals surface area contributed by atoms with Crippen molar-refractivity contribution in [1.29, 1.82) is 0 Å². The molecule has 0 saturated carbocycles. The zero-order valence-electron chi connectivity index (χ0n) is 4.98. The molecule has 4 heteroatoms. The van der Waals surface area contributed by atoms with Crippen molar-refractivity contribution >= 4 is 26.2 Å². The Hall–Kier alpha value is -0.861. The molecule has 0 aliphatic rings. The average molecular weight is 201 g/mol. The van der Waals surface area contributed by atoms with Crippen LogP contribution in [-0.2, 0) is 0 Å². The first-order valence-corrected chi connectivity index (χ1v) is 3.48. The van der Waals surface area contributed by atoms with Gasteiger partial charge in [-0.15, -0.1) is 0 Å². The van der Waals surface area contributed by atoms with E-state index in [-0.39, 0.29) is 5.69 Å². The van der Waals surface area contributed by atoms with Gasteiger partial charge in [0.2, 0.25) is 0 Å². The van der Waals surface area contributed by atoms with Crippen LogP contribution in [-0.4, -0.2) is 20.9 Å². The molecule has 3 nitrogen and oxygen atoms in total. The first-order valence-electron chi connectivity index (χ1n) is 2.62. The van der Waals surface area contributed by atoms with Crippen molar-refractivity contribution in [2.75, 3.05) is 0 Å². The molecule has 0 amide bonds. The number of benzene rings is 1. The van der Waals surface area contributed by atoms with Crippen LogP contribution in [0.25, 0.3) is 0 Å². The molecule has 10 heavy (non-hydrogen) atoms. The molecule has 1 aromatic carbocycles. The van der Waals surface area contributed by atoms with Crippen LogP contribution in [0.2, 0.25) is 0 Å². The zero-order chi connectivity index (χ0) is 7.56. The third-order valence-electron chi connectivity index (χ3n) is 1.06. The van der Waals surface area contributed by atoms with Crippen molar-refractivity contribution in [3.63, 3.8) is 0 Å². The minimum atomic E-state index is -0.411. The van der Waals surface area contributed by atoms with E-state index in [2.05, 4.69) is 16.0 Å². The quantitative estimate of drug-likeness (QED) is 0.374. The van der Waals surface area contributed by atoms with Crippen molar-refractivity contribution in [1.82, 2.24) is 0 Å². The molecule has 0 heterocycles. The molecule has 0 bridgehead atoms. The second-order valence-electron chi connectivity index (χ2n) is 1.72. The molecule has 0 unspecified atom stereocenters. The number of hydrogen-bond acceptors (Lipinski definition) is 2. The zero-order valence-corrected chi connectivity index (χ0v) is 6.69. The number of nitro groups is 1. The van der Waals surface area contributed by atoms with Crippen molar-refractivity contribution in [3.05, 3.63) is 34.4 Å². The Balaban J connectivity index is 3.15. The second kappa shape index (κ2) is 2.82. The number of rotatable bonds is 1. The normalized spacial score (nSPS) is 9.20. The van der Waals surface area contributed by atoms with Gasteiger partial charge in [-0.1, -0.05) is 0 Å². The first kappa shape index (κ1) is 7.25. The molecule has 0 aliphatic carbocycles. The van der Waals surface area contributed by atoms with Gasteiger partial charge in [-0.05, 0) is 0 Å². The fourth-order valence-electron chi connectivity index (χ4n) is 0.608. The van der Waals surface area contributed by atoms with Crippen LogP contribution < -0.4 is 4.46 Å². The Morgan fingerprint density at radius 2 is 2.00 bits per heavy atom. The molecule has 0 saturated heterocycles. The molecule has 0 fully saturated rings. The molecule has 0 N–H and O–H groups in total. The predicted molar refractivity (Wildman–Crippen MR) is 38.5 cm³/mol. The molecule has 1 radical (unpaired) electrons. The van der Waals surface area contributed by atoms with Gasteiger partial charge in [-0.25, -0.2) is 0 Å². The van der Waals surface area contributed by atoms with Gasteiger partial charge in [-0.3, -0.25) is 0 Å². The van der Waals surface area contributed by atoms with Gasteiger partial charge in [0.1, 0.15) is 0 Å². The molecule has 0 aromatic heterocycles. The standard InChI is InChI=1S/C6H4NO2Se/c8-7(9)5-3-1-2-4-6(5)10/h1-4H. The predicted octanol–water partition coefficient (Wildman–Crippen LogP) is 0.389. The van der Waals surface area contributed by atoms with Gasteiger partial charge in [0, 0.05) is 0 Å². The SMILES string of the molecule is O=[N+]([O-])c1ccccc1[Se]. The number of nitro benzene ring substituents is 1. The van der Waals surface area contributed by atoms with Crippen molar-refractivity contribution in [3.8, 4) is 0 Å². The maximum absolute atomic E-state index is 10.2. The van der Waals surface area contributed by atoms with Crippen LogP contribution in [0.4, 0.5) is 5.69 Å². The van der Waals surface area contributed by atoms with E-state index in [0.29, 0.717) is 4.46 Å². The van der Waals surface area contributed by atoms with Crippen molar-refractivity contribution < 1.29 is 4.92 Å². The Bertz CT molecular complexity index is 262. The topological polar surface area (TPSA) is 43.1 Å². The fourth-order valence-corrected chi connectivity index (χ4v) is 1.07. The van der Waals surface area contributed by atoms with Crippen LogP contribution in [0.1, 0.15) is 0 Å². The summed E-state index contributed by atoms with van der Waals surface area (Å²) in [6.07, 6.45) is 0. The molecule has 51 valence electrons. The molecule has 0 aliphatic heterocycles. The third kappa shape index (κ3) is 1.35. The van der Waals surface area contributed by atoms with Crippen LogP contribution in [0, 0.1) is 10.1 Å². The summed E-state index contributed by atoms with van der Waals surface area (Å²) in [6.45, 7) is 0. The second-order valence-corrected chi connectivity index (χ2v) is 2.65. The Morgan fingerprint density at radius 1 is 1.40 bits per heavy atom. The average Bonchev–Trinajstić information content (AvgIpc) is 1.88. The van der Waals surface area contributed by atoms with Gasteiger partial charge in [0.05, 0.1) is 0 Å². The molecule has 0 atom stereocenters. The van der Waals surface area contributed by atoms with E-state index in [4.69, 9.17) is 0 Å². The van der Waals surface area contributed by atoms with E-state index < -0.39 is 4.92 Å². The summed E-state index contributed by atoms with van der Waals surface area (Å²) in [5, 5.41) is 10.2. The van der Waals surface area contributed by atoms with Gasteiger partial charge in [0.15, 0.2) is 0 Å². The van der Waals surface area contributed by atoms with Gasteiger partial charge < -0.3 is 0 Å². The van der Waals surface area contributed by atoms with E-state index in [1.165, 1.54) is 6.07 Å². The third-order valence-corrected chi connectivity index (χ3v) is 1.79. The van der Waals surface area contributed by atoms with Crippen molar-refractivity contribution in [2.45, 2.75) is 0 Å². The van der Waals surface area contributed by atoms with Crippen LogP contribution in [0.5, 0.6) is 0 Å². The molecular formula is C6H4NO2Se. The summed E-state index contributed by atoms with van der Waals surface area (Å²) in [5.74, 6) is 0. The summed E-state index contributed by atoms with van der Waals surface area (Å²) in [6, 6.07) is 6.52. The van der Waals surface area contributed by atoms with Crippen LogP contribution >= 0.6 is 0 Å². The minimum absolute atomic E-state index is 0.127. The van der Waals surface area contributed by atoms with Gasteiger partial charge in [0.25, 0.3) is 0 Å². The van der Waals surface area contributed by atoms with Crippen LogP contribution in [0.3, 0.4) is 0 Å². The van der Waals surface area contributed by atoms with Crippen LogP contribution in [0.15, 0.2) is 24.3 Å². The summed E-state index contributed by atoms with van der Waals surface area (Å²) in [5.41, 5.74) is 0.127. The Kier molecular flexibility index (Phi) is 2.04. The Labute approximate surface area is 66.0 Å². The van der Waals surface area contributed by atoms with E-state index in [1.54, 1.807) is 18.2 Å². The summed E-state index contributed by atoms with van der Waals surface area (Å²) in [7, 11) is 0. The summed E-state index contributed by atoms with van der Waals surface area (Å²) in [4.78, 5) is 9.80.